The SMILES string of the molecule is NCCC1(CN2CCS(=O)CC2)CC1. The fraction of sp³-hybridized carbons (Fsp3) is 1.00. The van der Waals surface area contributed by atoms with Crippen molar-refractivity contribution < 1.29 is 4.21 Å². The highest BCUT2D eigenvalue weighted by Gasteiger charge is 2.42. The van der Waals surface area contributed by atoms with Crippen molar-refractivity contribution in [3.05, 3.63) is 0 Å². The third kappa shape index (κ3) is 2.55. The highest BCUT2D eigenvalue weighted by atomic mass is 32.2. The number of nitrogens with two attached hydrogens (primary N) is 1. The Bertz CT molecular complexity index is 218. The van der Waals surface area contributed by atoms with E-state index >= 15 is 0 Å². The summed E-state index contributed by atoms with van der Waals surface area (Å²) in [4.78, 5) is 2.48. The Balaban J connectivity index is 1.77. The molecule has 1 aliphatic carbocycles. The summed E-state index contributed by atoms with van der Waals surface area (Å²) in [5, 5.41) is 0. The van der Waals surface area contributed by atoms with E-state index in [4.69, 9.17) is 5.73 Å². The van der Waals surface area contributed by atoms with Crippen LogP contribution >= 0.6 is 0 Å². The highest BCUT2D eigenvalue weighted by molar-refractivity contribution is 7.85. The van der Waals surface area contributed by atoms with Crippen molar-refractivity contribution in [2.75, 3.05) is 37.7 Å². The summed E-state index contributed by atoms with van der Waals surface area (Å²) in [6, 6.07) is 0. The molecule has 4 heteroatoms. The molecule has 2 N–H and O–H groups in total. The van der Waals surface area contributed by atoms with Crippen LogP contribution in [0, 0.1) is 5.41 Å². The van der Waals surface area contributed by atoms with E-state index in [1.165, 1.54) is 25.8 Å². The van der Waals surface area contributed by atoms with Gasteiger partial charge in [0.2, 0.25) is 0 Å². The minimum Gasteiger partial charge on any atom is -0.330 e. The number of rotatable bonds is 4. The van der Waals surface area contributed by atoms with Crippen molar-refractivity contribution in [3.63, 3.8) is 0 Å². The van der Waals surface area contributed by atoms with E-state index in [-0.39, 0.29) is 0 Å². The van der Waals surface area contributed by atoms with E-state index < -0.39 is 10.8 Å². The first-order chi connectivity index (χ1) is 6.74. The van der Waals surface area contributed by atoms with Gasteiger partial charge in [0.05, 0.1) is 0 Å². The lowest BCUT2D eigenvalue weighted by Gasteiger charge is -2.30. The Hall–Kier alpha value is 0.0700. The highest BCUT2D eigenvalue weighted by Crippen LogP contribution is 2.49. The van der Waals surface area contributed by atoms with Gasteiger partial charge < -0.3 is 10.6 Å². The molecule has 14 heavy (non-hydrogen) atoms. The molecule has 1 heterocycles. The second-order valence-corrected chi connectivity index (χ2v) is 6.36. The van der Waals surface area contributed by atoms with E-state index in [9.17, 15) is 4.21 Å². The van der Waals surface area contributed by atoms with Crippen molar-refractivity contribution in [1.29, 1.82) is 0 Å². The van der Waals surface area contributed by atoms with Gasteiger partial charge in [0.15, 0.2) is 0 Å². The average Bonchev–Trinajstić information content (AvgIpc) is 2.90. The molecular weight excluding hydrogens is 196 g/mol. The van der Waals surface area contributed by atoms with Crippen LogP contribution in [0.1, 0.15) is 19.3 Å². The molecule has 2 rings (SSSR count). The molecule has 2 fully saturated rings. The fourth-order valence-electron chi connectivity index (χ4n) is 2.28. The Kier molecular flexibility index (Phi) is 3.24. The van der Waals surface area contributed by atoms with Gasteiger partial charge in [-0.25, -0.2) is 0 Å². The normalized spacial score (nSPS) is 27.8. The smallest absolute Gasteiger partial charge is 0.0363 e. The second kappa shape index (κ2) is 4.29. The van der Waals surface area contributed by atoms with E-state index in [2.05, 4.69) is 4.90 Å². The first-order valence-electron chi connectivity index (χ1n) is 5.52. The van der Waals surface area contributed by atoms with E-state index in [0.29, 0.717) is 5.41 Å². The standard InChI is InChI=1S/C10H20N2OS/c11-4-3-10(1-2-10)9-12-5-7-14(13)8-6-12/h1-9,11H2. The molecule has 0 radical (unpaired) electrons. The zero-order chi connectivity index (χ0) is 10.0. The van der Waals surface area contributed by atoms with Crippen molar-refractivity contribution >= 4 is 10.8 Å². The van der Waals surface area contributed by atoms with Gasteiger partial charge in [-0.15, -0.1) is 0 Å². The van der Waals surface area contributed by atoms with Crippen molar-refractivity contribution in [2.45, 2.75) is 19.3 Å². The fourth-order valence-corrected chi connectivity index (χ4v) is 3.41. The molecule has 0 bridgehead atoms. The number of nitrogens with zero attached hydrogens (tertiary/aromatic N) is 1. The lowest BCUT2D eigenvalue weighted by molar-refractivity contribution is 0.230. The van der Waals surface area contributed by atoms with Gasteiger partial charge >= 0.3 is 0 Å². The number of hydrogen-bond donors (Lipinski definition) is 1. The molecule has 82 valence electrons. The van der Waals surface area contributed by atoms with Crippen molar-refractivity contribution in [2.24, 2.45) is 11.1 Å². The molecule has 0 amide bonds. The lowest BCUT2D eigenvalue weighted by atomic mass is 10.0. The van der Waals surface area contributed by atoms with Crippen LogP contribution in [0.5, 0.6) is 0 Å². The average molecular weight is 216 g/mol. The lowest BCUT2D eigenvalue weighted by Crippen LogP contribution is -2.41. The predicted molar refractivity (Wildman–Crippen MR) is 59.7 cm³/mol. The maximum absolute atomic E-state index is 11.2. The number of hydrogen-bond acceptors (Lipinski definition) is 3. The molecule has 0 aromatic rings. The largest absolute Gasteiger partial charge is 0.330 e. The molecule has 0 aromatic heterocycles. The van der Waals surface area contributed by atoms with Crippen LogP contribution in [0.15, 0.2) is 0 Å². The zero-order valence-corrected chi connectivity index (χ0v) is 9.52. The summed E-state index contributed by atoms with van der Waals surface area (Å²) < 4.78 is 11.2. The van der Waals surface area contributed by atoms with Crippen LogP contribution < -0.4 is 5.73 Å². The van der Waals surface area contributed by atoms with Crippen LogP contribution in [0.2, 0.25) is 0 Å². The van der Waals surface area contributed by atoms with Crippen molar-refractivity contribution in [1.82, 2.24) is 4.90 Å². The molecule has 0 aromatic carbocycles. The van der Waals surface area contributed by atoms with Gasteiger partial charge in [-0.05, 0) is 31.2 Å². The molecule has 0 atom stereocenters. The van der Waals surface area contributed by atoms with Crippen molar-refractivity contribution in [3.8, 4) is 0 Å². The van der Waals surface area contributed by atoms with Crippen LogP contribution in [-0.2, 0) is 10.8 Å². The first-order valence-corrected chi connectivity index (χ1v) is 7.00. The summed E-state index contributed by atoms with van der Waals surface area (Å²) >= 11 is 0. The minimum absolute atomic E-state index is 0.539. The molecule has 0 spiro atoms. The monoisotopic (exact) mass is 216 g/mol. The minimum atomic E-state index is -0.539. The van der Waals surface area contributed by atoms with E-state index in [0.717, 1.165) is 31.1 Å². The third-order valence-corrected chi connectivity index (χ3v) is 4.74. The Morgan fingerprint density at radius 2 is 1.93 bits per heavy atom. The summed E-state index contributed by atoms with van der Waals surface area (Å²) in [5.74, 6) is 1.75. The summed E-state index contributed by atoms with van der Waals surface area (Å²) in [6.07, 6.45) is 3.88. The molecule has 1 aliphatic heterocycles. The van der Waals surface area contributed by atoms with Gasteiger partial charge in [-0.1, -0.05) is 0 Å². The van der Waals surface area contributed by atoms with Gasteiger partial charge in [0.1, 0.15) is 0 Å². The van der Waals surface area contributed by atoms with Crippen LogP contribution in [0.4, 0.5) is 0 Å². The molecule has 0 unspecified atom stereocenters. The molecular formula is C10H20N2OS. The maximum Gasteiger partial charge on any atom is 0.0363 e. The van der Waals surface area contributed by atoms with Gasteiger partial charge in [0.25, 0.3) is 0 Å². The quantitative estimate of drug-likeness (QED) is 0.729. The van der Waals surface area contributed by atoms with E-state index in [1.807, 2.05) is 0 Å². The zero-order valence-electron chi connectivity index (χ0n) is 8.71. The van der Waals surface area contributed by atoms with Gasteiger partial charge in [-0.3, -0.25) is 4.21 Å². The van der Waals surface area contributed by atoms with Crippen LogP contribution in [0.3, 0.4) is 0 Å². The summed E-state index contributed by atoms with van der Waals surface area (Å²) in [5.41, 5.74) is 6.16. The third-order valence-electron chi connectivity index (χ3n) is 3.46. The summed E-state index contributed by atoms with van der Waals surface area (Å²) in [6.45, 7) is 4.07. The molecule has 1 saturated carbocycles. The van der Waals surface area contributed by atoms with E-state index in [1.54, 1.807) is 0 Å². The second-order valence-electron chi connectivity index (χ2n) is 4.66. The van der Waals surface area contributed by atoms with Gasteiger partial charge in [0, 0.05) is 41.9 Å². The van der Waals surface area contributed by atoms with Gasteiger partial charge in [-0.2, -0.15) is 0 Å². The first kappa shape index (κ1) is 10.6. The van der Waals surface area contributed by atoms with Crippen LogP contribution in [-0.4, -0.2) is 46.8 Å². The Labute approximate surface area is 88.5 Å². The predicted octanol–water partition coefficient (Wildman–Crippen LogP) is 0.180. The molecule has 2 aliphatic rings. The van der Waals surface area contributed by atoms with Crippen LogP contribution in [0.25, 0.3) is 0 Å². The molecule has 1 saturated heterocycles. The topological polar surface area (TPSA) is 46.3 Å². The molecule has 3 nitrogen and oxygen atoms in total. The maximum atomic E-state index is 11.2. The Morgan fingerprint density at radius 1 is 1.29 bits per heavy atom. The Morgan fingerprint density at radius 3 is 2.43 bits per heavy atom. The summed E-state index contributed by atoms with van der Waals surface area (Å²) in [7, 11) is -0.539.